The predicted octanol–water partition coefficient (Wildman–Crippen LogP) is -2.16. The first-order chi connectivity index (χ1) is 4.47. The summed E-state index contributed by atoms with van der Waals surface area (Å²) in [4.78, 5) is 0. The molecule has 0 aliphatic carbocycles. The van der Waals surface area contributed by atoms with Crippen LogP contribution in [0.5, 0.6) is 0 Å². The average Bonchev–Trinajstić information content (AvgIpc) is 1.63. The summed E-state index contributed by atoms with van der Waals surface area (Å²) in [6.07, 6.45) is 1.50. The van der Waals surface area contributed by atoms with Crippen LogP contribution in [0.15, 0.2) is 12.7 Å². The van der Waals surface area contributed by atoms with Gasteiger partial charge in [0, 0.05) is 0 Å². The van der Waals surface area contributed by atoms with Crippen LogP contribution in [0.25, 0.3) is 0 Å². The number of hydrogen-bond donors (Lipinski definition) is 1. The van der Waals surface area contributed by atoms with E-state index >= 15 is 0 Å². The normalized spacial score (nSPS) is 8.55. The van der Waals surface area contributed by atoms with Gasteiger partial charge in [0.1, 0.15) is 0 Å². The van der Waals surface area contributed by atoms with Crippen molar-refractivity contribution >= 4 is 10.4 Å². The van der Waals surface area contributed by atoms with Crippen LogP contribution in [0.1, 0.15) is 6.92 Å². The summed E-state index contributed by atoms with van der Waals surface area (Å²) in [5.74, 6) is 0. The van der Waals surface area contributed by atoms with Crippen molar-refractivity contribution in [3.05, 3.63) is 19.6 Å². The van der Waals surface area contributed by atoms with E-state index in [0.29, 0.717) is 0 Å². The van der Waals surface area contributed by atoms with Gasteiger partial charge in [-0.1, -0.05) is 0 Å². The first-order valence-corrected chi connectivity index (χ1v) is 3.86. The van der Waals surface area contributed by atoms with Gasteiger partial charge in [-0.15, -0.1) is 0 Å². The van der Waals surface area contributed by atoms with Crippen LogP contribution >= 0.6 is 0 Å². The maximum absolute atomic E-state index is 9.56. The molecule has 0 radical (unpaired) electrons. The third-order valence-corrected chi connectivity index (χ3v) is 0.800. The zero-order chi connectivity index (χ0) is 8.62. The summed E-state index contributed by atoms with van der Waals surface area (Å²) in [5.41, 5.74) is 0. The predicted molar refractivity (Wildman–Crippen MR) is 38.7 cm³/mol. The molecule has 0 rings (SSSR count). The second-order valence-corrected chi connectivity index (χ2v) is 2.21. The third kappa shape index (κ3) is 37.5. The van der Waals surface area contributed by atoms with Crippen LogP contribution in [-0.4, -0.2) is 19.6 Å². The minimum absolute atomic E-state index is 0. The molecule has 0 unspecified atom stereocenters. The average molecular weight is 190 g/mol. The van der Waals surface area contributed by atoms with Gasteiger partial charge < -0.3 is 0 Å². The van der Waals surface area contributed by atoms with Crippen molar-refractivity contribution in [3.63, 3.8) is 0 Å². The second kappa shape index (κ2) is 10.5. The van der Waals surface area contributed by atoms with Crippen LogP contribution < -0.4 is 29.6 Å². The van der Waals surface area contributed by atoms with Gasteiger partial charge in [0.05, 0.1) is 6.61 Å². The standard InChI is InChI=1S/C3H5.C2H6O4S.Na/c1-3-2;1-2-6-7(3,4)5;/h3H,1-2H2;2H2,1H3,(H,3,4,5);/q-1;;+1. The van der Waals surface area contributed by atoms with Gasteiger partial charge in [0.15, 0.2) is 0 Å². The molecular weight excluding hydrogens is 179 g/mol. The van der Waals surface area contributed by atoms with Gasteiger partial charge in [0.2, 0.25) is 0 Å². The first-order valence-electron chi connectivity index (χ1n) is 2.49. The minimum atomic E-state index is -4.17. The summed E-state index contributed by atoms with van der Waals surface area (Å²) >= 11 is 0. The molecule has 0 aliphatic rings. The maximum Gasteiger partial charge on any atom is 1.00 e. The Labute approximate surface area is 89.9 Å². The topological polar surface area (TPSA) is 63.6 Å². The Bertz CT molecular complexity index is 163. The molecule has 4 nitrogen and oxygen atoms in total. The zero-order valence-electron chi connectivity index (χ0n) is 6.78. The molecular formula is C5H11NaO4S. The number of rotatable bonds is 2. The van der Waals surface area contributed by atoms with E-state index in [0.717, 1.165) is 0 Å². The molecule has 6 heteroatoms. The quantitative estimate of drug-likeness (QED) is 0.306. The molecule has 0 fully saturated rings. The Hall–Kier alpha value is 0.480. The van der Waals surface area contributed by atoms with Crippen LogP contribution in [0.2, 0.25) is 0 Å². The summed E-state index contributed by atoms with van der Waals surface area (Å²) in [6, 6.07) is 0. The van der Waals surface area contributed by atoms with Crippen molar-refractivity contribution in [1.82, 2.24) is 0 Å². The fraction of sp³-hybridized carbons (Fsp3) is 0.400. The Balaban J connectivity index is -0.000000140. The van der Waals surface area contributed by atoms with E-state index in [2.05, 4.69) is 17.7 Å². The van der Waals surface area contributed by atoms with E-state index in [4.69, 9.17) is 4.55 Å². The van der Waals surface area contributed by atoms with Gasteiger partial charge >= 0.3 is 40.0 Å². The molecule has 1 N–H and O–H groups in total. The van der Waals surface area contributed by atoms with Gasteiger partial charge in [0.25, 0.3) is 0 Å². The Morgan fingerprint density at radius 2 is 2.00 bits per heavy atom. The molecule has 0 aromatic carbocycles. The van der Waals surface area contributed by atoms with Crippen molar-refractivity contribution in [1.29, 1.82) is 0 Å². The molecule has 0 amide bonds. The fourth-order valence-corrected chi connectivity index (χ4v) is 0.447. The van der Waals surface area contributed by atoms with Crippen LogP contribution in [0.3, 0.4) is 0 Å². The van der Waals surface area contributed by atoms with Crippen molar-refractivity contribution in [3.8, 4) is 0 Å². The molecule has 0 atom stereocenters. The van der Waals surface area contributed by atoms with Crippen LogP contribution in [0.4, 0.5) is 0 Å². The molecule has 0 aromatic heterocycles. The molecule has 62 valence electrons. The van der Waals surface area contributed by atoms with Crippen molar-refractivity contribution in [2.75, 3.05) is 6.61 Å². The Morgan fingerprint density at radius 1 is 1.73 bits per heavy atom. The second-order valence-electron chi connectivity index (χ2n) is 1.12. The fourth-order valence-electron chi connectivity index (χ4n) is 0.149. The van der Waals surface area contributed by atoms with Gasteiger partial charge in [-0.25, -0.2) is 23.8 Å². The SMILES string of the molecule is C=C[CH2-].CCOS(=O)(=O)O.[Na+]. The number of allylic oxidation sites excluding steroid dienone is 1. The molecule has 0 bridgehead atoms. The van der Waals surface area contributed by atoms with Gasteiger partial charge in [-0.05, 0) is 6.92 Å². The zero-order valence-corrected chi connectivity index (χ0v) is 9.60. The molecule has 0 heterocycles. The van der Waals surface area contributed by atoms with E-state index < -0.39 is 10.4 Å². The van der Waals surface area contributed by atoms with Crippen molar-refractivity contribution in [2.24, 2.45) is 0 Å². The Morgan fingerprint density at radius 3 is 2.00 bits per heavy atom. The summed E-state index contributed by atoms with van der Waals surface area (Å²) < 4.78 is 30.7. The van der Waals surface area contributed by atoms with E-state index in [-0.39, 0.29) is 36.2 Å². The minimum Gasteiger partial charge on any atom is -0.264 e. The third-order valence-electron chi connectivity index (χ3n) is 0.267. The van der Waals surface area contributed by atoms with Gasteiger partial charge in [-0.3, -0.25) is 4.55 Å². The van der Waals surface area contributed by atoms with Crippen molar-refractivity contribution < 1.29 is 46.7 Å². The Kier molecular flexibility index (Phi) is 16.7. The first kappa shape index (κ1) is 17.5. The van der Waals surface area contributed by atoms with Crippen LogP contribution in [0, 0.1) is 6.92 Å². The largest absolute Gasteiger partial charge is 1.00 e. The van der Waals surface area contributed by atoms with Crippen LogP contribution in [-0.2, 0) is 14.6 Å². The molecule has 0 spiro atoms. The molecule has 0 aromatic rings. The molecule has 0 aliphatic heterocycles. The number of hydrogen-bond acceptors (Lipinski definition) is 3. The monoisotopic (exact) mass is 190 g/mol. The van der Waals surface area contributed by atoms with E-state index in [1.165, 1.54) is 13.0 Å². The van der Waals surface area contributed by atoms with Crippen molar-refractivity contribution in [2.45, 2.75) is 6.92 Å². The van der Waals surface area contributed by atoms with E-state index in [1.807, 2.05) is 0 Å². The van der Waals surface area contributed by atoms with E-state index in [9.17, 15) is 8.42 Å². The maximum atomic E-state index is 9.56. The van der Waals surface area contributed by atoms with E-state index in [1.54, 1.807) is 0 Å². The molecule has 0 saturated heterocycles. The molecule has 0 saturated carbocycles. The smallest absolute Gasteiger partial charge is 0.264 e. The molecule has 11 heavy (non-hydrogen) atoms. The summed E-state index contributed by atoms with van der Waals surface area (Å²) in [6.45, 7) is 7.94. The summed E-state index contributed by atoms with van der Waals surface area (Å²) in [7, 11) is -4.17. The summed E-state index contributed by atoms with van der Waals surface area (Å²) in [5, 5.41) is 0. The van der Waals surface area contributed by atoms with Gasteiger partial charge in [-0.2, -0.15) is 8.42 Å².